The summed E-state index contributed by atoms with van der Waals surface area (Å²) in [5, 5.41) is 27.0. The quantitative estimate of drug-likeness (QED) is 0.634. The van der Waals surface area contributed by atoms with Gasteiger partial charge in [0.2, 0.25) is 0 Å². The molecule has 0 aliphatic heterocycles. The zero-order chi connectivity index (χ0) is 16.0. The summed E-state index contributed by atoms with van der Waals surface area (Å²) in [5.41, 5.74) is -0.503. The van der Waals surface area contributed by atoms with E-state index in [0.29, 0.717) is 11.8 Å². The number of aliphatic hydroxyl groups excluding tert-OH is 1. The summed E-state index contributed by atoms with van der Waals surface area (Å²) in [7, 11) is 1.35. The number of aromatic nitrogens is 2. The molecule has 0 radical (unpaired) electrons. The van der Waals surface area contributed by atoms with Crippen molar-refractivity contribution in [3.8, 4) is 0 Å². The summed E-state index contributed by atoms with van der Waals surface area (Å²) >= 11 is 6.01. The van der Waals surface area contributed by atoms with Crippen molar-refractivity contribution >= 4 is 23.1 Å². The fourth-order valence-electron chi connectivity index (χ4n) is 3.91. The molecule has 2 aliphatic rings. The molecule has 4 atom stereocenters. The van der Waals surface area contributed by atoms with E-state index in [1.165, 1.54) is 7.05 Å². The molecule has 0 saturated heterocycles. The number of nitro groups is 1. The van der Waals surface area contributed by atoms with Crippen molar-refractivity contribution in [1.82, 2.24) is 9.78 Å². The molecule has 8 nitrogen and oxygen atoms in total. The standard InChI is InChI=1S/C13H17ClN4O4/c1-17-13(20)11(9(14)12(16-17)18(21)22)15-10-7-3-2-6(4-7)8(10)5-19/h6-8,10,15,19H,2-5H2,1H3/t6-,7+,8+,10-/m1/s1. The first-order valence-corrected chi connectivity index (χ1v) is 7.60. The molecule has 2 N–H and O–H groups in total. The summed E-state index contributed by atoms with van der Waals surface area (Å²) in [4.78, 5) is 22.5. The Hall–Kier alpha value is -1.67. The second-order valence-corrected chi connectivity index (χ2v) is 6.43. The number of hydrogen-bond acceptors (Lipinski definition) is 6. The molecule has 1 heterocycles. The van der Waals surface area contributed by atoms with Crippen LogP contribution in [0, 0.1) is 27.9 Å². The Morgan fingerprint density at radius 2 is 2.18 bits per heavy atom. The van der Waals surface area contributed by atoms with Crippen LogP contribution in [-0.4, -0.2) is 32.5 Å². The van der Waals surface area contributed by atoms with Gasteiger partial charge in [0.15, 0.2) is 5.02 Å². The zero-order valence-corrected chi connectivity index (χ0v) is 12.8. The predicted molar refractivity (Wildman–Crippen MR) is 80.0 cm³/mol. The normalized spacial score (nSPS) is 29.8. The molecule has 0 spiro atoms. The Balaban J connectivity index is 1.99. The monoisotopic (exact) mass is 328 g/mol. The number of halogens is 1. The highest BCUT2D eigenvalue weighted by molar-refractivity contribution is 6.34. The van der Waals surface area contributed by atoms with Gasteiger partial charge in [0.05, 0.1) is 12.1 Å². The van der Waals surface area contributed by atoms with Gasteiger partial charge in [0.1, 0.15) is 5.69 Å². The van der Waals surface area contributed by atoms with Gasteiger partial charge in [-0.2, -0.15) is 0 Å². The number of aryl methyl sites for hydroxylation is 1. The lowest BCUT2D eigenvalue weighted by atomic mass is 9.85. The first kappa shape index (κ1) is 15.2. The molecule has 9 heteroatoms. The van der Waals surface area contributed by atoms with E-state index in [4.69, 9.17) is 11.6 Å². The fourth-order valence-corrected chi connectivity index (χ4v) is 4.15. The van der Waals surface area contributed by atoms with Crippen LogP contribution in [0.1, 0.15) is 19.3 Å². The number of rotatable bonds is 4. The first-order valence-electron chi connectivity index (χ1n) is 7.22. The minimum Gasteiger partial charge on any atom is -0.396 e. The fraction of sp³-hybridized carbons (Fsp3) is 0.692. The Kier molecular flexibility index (Phi) is 3.82. The molecule has 22 heavy (non-hydrogen) atoms. The van der Waals surface area contributed by atoms with Gasteiger partial charge in [-0.25, -0.2) is 0 Å². The molecule has 2 saturated carbocycles. The van der Waals surface area contributed by atoms with Crippen LogP contribution in [0.15, 0.2) is 4.79 Å². The number of nitrogens with zero attached hydrogens (tertiary/aromatic N) is 3. The van der Waals surface area contributed by atoms with E-state index in [2.05, 4.69) is 10.4 Å². The summed E-state index contributed by atoms with van der Waals surface area (Å²) in [6.45, 7) is 0.0317. The minimum atomic E-state index is -0.711. The van der Waals surface area contributed by atoms with Gasteiger partial charge in [-0.1, -0.05) is 11.6 Å². The first-order chi connectivity index (χ1) is 10.4. The maximum Gasteiger partial charge on any atom is 0.409 e. The maximum atomic E-state index is 12.2. The number of aliphatic hydroxyl groups is 1. The minimum absolute atomic E-state index is 0.00173. The Labute approximate surface area is 131 Å². The van der Waals surface area contributed by atoms with Crippen LogP contribution in [0.4, 0.5) is 11.5 Å². The van der Waals surface area contributed by atoms with Gasteiger partial charge >= 0.3 is 11.4 Å². The number of nitrogens with one attached hydrogen (secondary N) is 1. The topological polar surface area (TPSA) is 110 Å². The van der Waals surface area contributed by atoms with Gasteiger partial charge in [-0.3, -0.25) is 4.79 Å². The van der Waals surface area contributed by atoms with E-state index in [1.807, 2.05) is 0 Å². The number of hydrogen-bond donors (Lipinski definition) is 2. The average molecular weight is 329 g/mol. The Morgan fingerprint density at radius 3 is 2.82 bits per heavy atom. The summed E-state index contributed by atoms with van der Waals surface area (Å²) in [6, 6.07) is -0.0871. The van der Waals surface area contributed by atoms with Gasteiger partial charge in [-0.15, -0.1) is 4.68 Å². The van der Waals surface area contributed by atoms with E-state index in [-0.39, 0.29) is 29.3 Å². The molecule has 1 aromatic rings. The van der Waals surface area contributed by atoms with Gasteiger partial charge in [-0.05, 0) is 36.0 Å². The SMILES string of the molecule is Cn1nc([N+](=O)[O-])c(Cl)c(N[C@@H]2[C@H]3CC[C@H](C3)[C@@H]2CO)c1=O. The highest BCUT2D eigenvalue weighted by atomic mass is 35.5. The molecule has 2 aliphatic carbocycles. The molecule has 0 unspecified atom stereocenters. The molecular weight excluding hydrogens is 312 g/mol. The molecule has 0 aromatic carbocycles. The van der Waals surface area contributed by atoms with Crippen molar-refractivity contribution in [2.75, 3.05) is 11.9 Å². The van der Waals surface area contributed by atoms with Crippen LogP contribution >= 0.6 is 11.6 Å². The van der Waals surface area contributed by atoms with E-state index in [0.717, 1.165) is 23.9 Å². The second kappa shape index (κ2) is 5.51. The highest BCUT2D eigenvalue weighted by Crippen LogP contribution is 2.49. The van der Waals surface area contributed by atoms with E-state index in [9.17, 15) is 20.0 Å². The smallest absolute Gasteiger partial charge is 0.396 e. The van der Waals surface area contributed by atoms with Crippen LogP contribution in [0.5, 0.6) is 0 Å². The lowest BCUT2D eigenvalue weighted by Gasteiger charge is -2.31. The third-order valence-electron chi connectivity index (χ3n) is 4.95. The van der Waals surface area contributed by atoms with Crippen molar-refractivity contribution in [2.24, 2.45) is 24.8 Å². The highest BCUT2D eigenvalue weighted by Gasteiger charge is 2.47. The lowest BCUT2D eigenvalue weighted by molar-refractivity contribution is -0.390. The van der Waals surface area contributed by atoms with E-state index in [1.54, 1.807) is 0 Å². The third kappa shape index (κ3) is 2.26. The van der Waals surface area contributed by atoms with Crippen LogP contribution in [0.2, 0.25) is 5.02 Å². The second-order valence-electron chi connectivity index (χ2n) is 6.05. The third-order valence-corrected chi connectivity index (χ3v) is 5.31. The van der Waals surface area contributed by atoms with Crippen molar-refractivity contribution in [1.29, 1.82) is 0 Å². The van der Waals surface area contributed by atoms with Crippen LogP contribution in [-0.2, 0) is 7.05 Å². The van der Waals surface area contributed by atoms with Crippen molar-refractivity contribution in [3.63, 3.8) is 0 Å². The van der Waals surface area contributed by atoms with Gasteiger partial charge < -0.3 is 20.5 Å². The van der Waals surface area contributed by atoms with Gasteiger partial charge in [0, 0.05) is 18.6 Å². The average Bonchev–Trinajstić information content (AvgIpc) is 3.07. The van der Waals surface area contributed by atoms with E-state index >= 15 is 0 Å². The van der Waals surface area contributed by atoms with Crippen LogP contribution < -0.4 is 10.9 Å². The van der Waals surface area contributed by atoms with Crippen molar-refractivity contribution in [3.05, 3.63) is 25.5 Å². The van der Waals surface area contributed by atoms with Crippen molar-refractivity contribution < 1.29 is 10.0 Å². The number of anilines is 1. The molecule has 3 rings (SSSR count). The largest absolute Gasteiger partial charge is 0.409 e. The Bertz CT molecular complexity index is 677. The van der Waals surface area contributed by atoms with Crippen LogP contribution in [0.3, 0.4) is 0 Å². The maximum absolute atomic E-state index is 12.2. The molecule has 0 amide bonds. The molecule has 2 fully saturated rings. The Morgan fingerprint density at radius 1 is 1.50 bits per heavy atom. The summed E-state index contributed by atoms with van der Waals surface area (Å²) < 4.78 is 0.910. The predicted octanol–water partition coefficient (Wildman–Crippen LogP) is 1.16. The summed E-state index contributed by atoms with van der Waals surface area (Å²) in [6.07, 6.45) is 3.12. The molecule has 120 valence electrons. The van der Waals surface area contributed by atoms with Gasteiger partial charge in [0.25, 0.3) is 0 Å². The van der Waals surface area contributed by atoms with Crippen molar-refractivity contribution in [2.45, 2.75) is 25.3 Å². The molecular formula is C13H17ClN4O4. The zero-order valence-electron chi connectivity index (χ0n) is 12.0. The molecule has 1 aromatic heterocycles. The lowest BCUT2D eigenvalue weighted by Crippen LogP contribution is -2.39. The molecule has 2 bridgehead atoms. The summed E-state index contributed by atoms with van der Waals surface area (Å²) in [5.74, 6) is 0.295. The van der Waals surface area contributed by atoms with Crippen LogP contribution in [0.25, 0.3) is 0 Å². The number of fused-ring (bicyclic) bond motifs is 2. The van der Waals surface area contributed by atoms with E-state index < -0.39 is 16.3 Å².